The summed E-state index contributed by atoms with van der Waals surface area (Å²) in [5, 5.41) is 21.4. The van der Waals surface area contributed by atoms with E-state index in [4.69, 9.17) is 4.74 Å². The number of hydrogen-bond donors (Lipinski definition) is 4. The summed E-state index contributed by atoms with van der Waals surface area (Å²) in [5.74, 6) is -0.343. The minimum absolute atomic E-state index is 0.191. The molecule has 1 aromatic heterocycles. The molecular weight excluding hydrogens is 212 g/mol. The van der Waals surface area contributed by atoms with Crippen LogP contribution >= 0.6 is 0 Å². The van der Waals surface area contributed by atoms with Crippen LogP contribution in [0.4, 0.5) is 5.69 Å². The number of nitrogens with one attached hydrogen (secondary N) is 2. The summed E-state index contributed by atoms with van der Waals surface area (Å²) in [6, 6.07) is 2.58. The maximum atomic E-state index is 10.8. The minimum atomic E-state index is -1.27. The van der Waals surface area contributed by atoms with Crippen molar-refractivity contribution in [2.75, 3.05) is 5.32 Å². The fraction of sp³-hybridized carbons (Fsp3) is 0.500. The molecule has 1 atom stereocenters. The normalized spacial score (nSPS) is 13.5. The molecule has 1 heterocycles. The predicted octanol–water partition coefficient (Wildman–Crippen LogP) is 0.583. The highest BCUT2D eigenvalue weighted by Crippen LogP contribution is 2.19. The van der Waals surface area contributed by atoms with Crippen molar-refractivity contribution < 1.29 is 14.9 Å². The number of anilines is 1. The molecule has 0 saturated carbocycles. The Morgan fingerprint density at radius 1 is 1.44 bits per heavy atom. The first-order chi connectivity index (χ1) is 7.28. The van der Waals surface area contributed by atoms with Crippen LogP contribution in [0.2, 0.25) is 0 Å². The van der Waals surface area contributed by atoms with Crippen molar-refractivity contribution in [3.8, 4) is 5.88 Å². The van der Waals surface area contributed by atoms with Gasteiger partial charge in [0.25, 0.3) is 5.56 Å². The van der Waals surface area contributed by atoms with Crippen molar-refractivity contribution in [1.29, 1.82) is 0 Å². The highest BCUT2D eigenvalue weighted by Gasteiger charge is 2.17. The van der Waals surface area contributed by atoms with Gasteiger partial charge in [-0.3, -0.25) is 9.78 Å². The molecule has 1 aromatic rings. The summed E-state index contributed by atoms with van der Waals surface area (Å²) in [7, 11) is 0. The smallest absolute Gasteiger partial charge is 0.250 e. The second-order valence-corrected chi connectivity index (χ2v) is 4.31. The van der Waals surface area contributed by atoms with Gasteiger partial charge in [0.15, 0.2) is 0 Å². The van der Waals surface area contributed by atoms with Gasteiger partial charge in [-0.2, -0.15) is 0 Å². The SMILES string of the molecule is CC(C)(C)OC(O)Nc1ccc(=O)[nH]c1O. The first-order valence-electron chi connectivity index (χ1n) is 4.83. The number of aromatic amines is 1. The summed E-state index contributed by atoms with van der Waals surface area (Å²) in [5.41, 5.74) is -0.754. The Labute approximate surface area is 92.9 Å². The maximum Gasteiger partial charge on any atom is 0.250 e. The third-order valence-electron chi connectivity index (χ3n) is 1.64. The van der Waals surface area contributed by atoms with Gasteiger partial charge in [0.2, 0.25) is 12.3 Å². The molecule has 0 aromatic carbocycles. The second-order valence-electron chi connectivity index (χ2n) is 4.31. The number of aliphatic hydroxyl groups excluding tert-OH is 1. The van der Waals surface area contributed by atoms with Crippen molar-refractivity contribution >= 4 is 5.69 Å². The van der Waals surface area contributed by atoms with Crippen LogP contribution in [0.15, 0.2) is 16.9 Å². The van der Waals surface area contributed by atoms with Crippen molar-refractivity contribution in [2.45, 2.75) is 32.8 Å². The fourth-order valence-corrected chi connectivity index (χ4v) is 1.08. The molecule has 0 amide bonds. The van der Waals surface area contributed by atoms with Crippen LogP contribution in [0.25, 0.3) is 0 Å². The molecule has 0 aliphatic heterocycles. The number of aromatic hydroxyl groups is 1. The Hall–Kier alpha value is -1.53. The van der Waals surface area contributed by atoms with E-state index in [0.29, 0.717) is 0 Å². The zero-order chi connectivity index (χ0) is 12.3. The summed E-state index contributed by atoms with van der Waals surface area (Å²) < 4.78 is 5.17. The zero-order valence-electron chi connectivity index (χ0n) is 9.44. The lowest BCUT2D eigenvalue weighted by Gasteiger charge is -2.24. The number of H-pyrrole nitrogens is 1. The summed E-state index contributed by atoms with van der Waals surface area (Å²) >= 11 is 0. The maximum absolute atomic E-state index is 10.8. The first-order valence-corrected chi connectivity index (χ1v) is 4.83. The molecule has 0 saturated heterocycles. The van der Waals surface area contributed by atoms with Gasteiger partial charge in [-0.05, 0) is 26.8 Å². The lowest BCUT2D eigenvalue weighted by Crippen LogP contribution is -2.32. The number of aromatic nitrogens is 1. The Morgan fingerprint density at radius 3 is 2.56 bits per heavy atom. The third kappa shape index (κ3) is 3.92. The minimum Gasteiger partial charge on any atom is -0.493 e. The van der Waals surface area contributed by atoms with E-state index in [-0.39, 0.29) is 11.6 Å². The first kappa shape index (κ1) is 12.5. The van der Waals surface area contributed by atoms with E-state index in [0.717, 1.165) is 0 Å². The lowest BCUT2D eigenvalue weighted by molar-refractivity contribution is -0.148. The van der Waals surface area contributed by atoms with Gasteiger partial charge in [-0.25, -0.2) is 0 Å². The fourth-order valence-electron chi connectivity index (χ4n) is 1.08. The van der Waals surface area contributed by atoms with Gasteiger partial charge in [0.1, 0.15) is 0 Å². The van der Waals surface area contributed by atoms with Gasteiger partial charge in [0, 0.05) is 6.07 Å². The van der Waals surface area contributed by atoms with E-state index in [1.54, 1.807) is 20.8 Å². The number of pyridine rings is 1. The Bertz CT molecular complexity index is 408. The average molecular weight is 228 g/mol. The third-order valence-corrected chi connectivity index (χ3v) is 1.64. The van der Waals surface area contributed by atoms with Crippen LogP contribution in [-0.2, 0) is 4.74 Å². The average Bonchev–Trinajstić information content (AvgIpc) is 2.06. The van der Waals surface area contributed by atoms with E-state index in [2.05, 4.69) is 10.3 Å². The summed E-state index contributed by atoms with van der Waals surface area (Å²) in [6.07, 6.45) is -1.27. The van der Waals surface area contributed by atoms with Crippen LogP contribution in [0, 0.1) is 0 Å². The predicted molar refractivity (Wildman–Crippen MR) is 59.2 cm³/mol. The van der Waals surface area contributed by atoms with Crippen LogP contribution in [0.1, 0.15) is 20.8 Å². The van der Waals surface area contributed by atoms with E-state index in [9.17, 15) is 15.0 Å². The molecule has 90 valence electrons. The molecule has 1 unspecified atom stereocenters. The summed E-state index contributed by atoms with van der Waals surface area (Å²) in [4.78, 5) is 13.0. The molecule has 0 spiro atoms. The van der Waals surface area contributed by atoms with E-state index >= 15 is 0 Å². The highest BCUT2D eigenvalue weighted by molar-refractivity contribution is 5.51. The van der Waals surface area contributed by atoms with E-state index in [1.165, 1.54) is 12.1 Å². The zero-order valence-corrected chi connectivity index (χ0v) is 9.44. The van der Waals surface area contributed by atoms with Gasteiger partial charge in [-0.15, -0.1) is 0 Å². The number of hydrogen-bond acceptors (Lipinski definition) is 5. The topological polar surface area (TPSA) is 94.6 Å². The van der Waals surface area contributed by atoms with Crippen molar-refractivity contribution in [2.24, 2.45) is 0 Å². The van der Waals surface area contributed by atoms with E-state index < -0.39 is 17.6 Å². The highest BCUT2D eigenvalue weighted by atomic mass is 16.6. The van der Waals surface area contributed by atoms with Crippen molar-refractivity contribution in [3.05, 3.63) is 22.5 Å². The number of rotatable bonds is 3. The largest absolute Gasteiger partial charge is 0.493 e. The second kappa shape index (κ2) is 4.54. The Balaban J connectivity index is 2.70. The molecule has 6 nitrogen and oxygen atoms in total. The molecular formula is C10H16N2O4. The van der Waals surface area contributed by atoms with E-state index in [1.807, 2.05) is 0 Å². The van der Waals surface area contributed by atoms with Crippen molar-refractivity contribution in [1.82, 2.24) is 4.98 Å². The van der Waals surface area contributed by atoms with Crippen molar-refractivity contribution in [3.63, 3.8) is 0 Å². The molecule has 4 N–H and O–H groups in total. The molecule has 0 fully saturated rings. The summed E-state index contributed by atoms with van der Waals surface area (Å²) in [6.45, 7) is 5.35. The standard InChI is InChI=1S/C10H16N2O4/c1-10(2,3)16-9(15)11-6-4-5-7(13)12-8(6)14/h4-5,9,11,15H,1-3H3,(H2,12,13,14). The molecule has 0 aliphatic carbocycles. The monoisotopic (exact) mass is 228 g/mol. The number of aliphatic hydroxyl groups is 1. The van der Waals surface area contributed by atoms with Gasteiger partial charge < -0.3 is 20.3 Å². The van der Waals surface area contributed by atoms with Gasteiger partial charge >= 0.3 is 0 Å². The molecule has 16 heavy (non-hydrogen) atoms. The molecule has 6 heteroatoms. The van der Waals surface area contributed by atoms with Crippen LogP contribution in [-0.4, -0.2) is 27.2 Å². The number of ether oxygens (including phenoxy) is 1. The quantitative estimate of drug-likeness (QED) is 0.568. The van der Waals surface area contributed by atoms with Gasteiger partial charge in [0.05, 0.1) is 11.3 Å². The Kier molecular flexibility index (Phi) is 3.56. The van der Waals surface area contributed by atoms with Crippen LogP contribution in [0.5, 0.6) is 5.88 Å². The lowest BCUT2D eigenvalue weighted by atomic mass is 10.2. The Morgan fingerprint density at radius 2 is 2.06 bits per heavy atom. The van der Waals surface area contributed by atoms with Gasteiger partial charge in [-0.1, -0.05) is 0 Å². The van der Waals surface area contributed by atoms with Crippen LogP contribution < -0.4 is 10.9 Å². The molecule has 0 aliphatic rings. The molecule has 0 bridgehead atoms. The molecule has 1 rings (SSSR count). The molecule has 0 radical (unpaired) electrons. The van der Waals surface area contributed by atoms with Crippen LogP contribution in [0.3, 0.4) is 0 Å².